The molecule has 0 aliphatic rings. The number of anilines is 2. The molecule has 0 bridgehead atoms. The van der Waals surface area contributed by atoms with Crippen molar-refractivity contribution in [1.29, 1.82) is 0 Å². The largest absolute Gasteiger partial charge is 0.462 e. The van der Waals surface area contributed by atoms with Crippen LogP contribution in [0.5, 0.6) is 0 Å². The highest BCUT2D eigenvalue weighted by Gasteiger charge is 2.32. The van der Waals surface area contributed by atoms with Crippen molar-refractivity contribution in [3.8, 4) is 10.4 Å². The summed E-state index contributed by atoms with van der Waals surface area (Å²) < 4.78 is 39.9. The summed E-state index contributed by atoms with van der Waals surface area (Å²) in [7, 11) is 1.31. The molecule has 3 rings (SSSR count). The highest BCUT2D eigenvalue weighted by Crippen LogP contribution is 2.44. The average molecular weight is 576 g/mol. The Labute approximate surface area is 235 Å². The summed E-state index contributed by atoms with van der Waals surface area (Å²) in [4.78, 5) is 44.6. The molecule has 40 heavy (non-hydrogen) atoms. The minimum Gasteiger partial charge on any atom is -0.462 e. The normalized spacial score (nSPS) is 10.7. The summed E-state index contributed by atoms with van der Waals surface area (Å²) in [6.07, 6.45) is 0.254. The van der Waals surface area contributed by atoms with Crippen LogP contribution in [0.15, 0.2) is 42.5 Å². The minimum atomic E-state index is -0.866. The first kappa shape index (κ1) is 30.5. The molecule has 0 fully saturated rings. The van der Waals surface area contributed by atoms with Crippen LogP contribution in [0.3, 0.4) is 0 Å². The van der Waals surface area contributed by atoms with Crippen molar-refractivity contribution in [2.75, 3.05) is 30.5 Å². The lowest BCUT2D eigenvalue weighted by Crippen LogP contribution is -2.32. The third-order valence-corrected chi connectivity index (χ3v) is 6.98. The number of carbonyl (C=O) groups is 3. The van der Waals surface area contributed by atoms with Crippen LogP contribution in [-0.2, 0) is 27.3 Å². The van der Waals surface area contributed by atoms with Crippen LogP contribution in [0.2, 0.25) is 0 Å². The summed E-state index contributed by atoms with van der Waals surface area (Å²) in [5.74, 6) is -2.34. The molecule has 0 aliphatic heterocycles. The smallest absolute Gasteiger partial charge is 0.415 e. The fourth-order valence-corrected chi connectivity index (χ4v) is 5.33. The van der Waals surface area contributed by atoms with E-state index in [1.165, 1.54) is 13.2 Å². The average Bonchev–Trinajstić information content (AvgIpc) is 3.28. The van der Waals surface area contributed by atoms with Gasteiger partial charge in [-0.15, -0.1) is 11.3 Å². The SMILES string of the molecule is CCCc1c(-c2ccc(NC(=O)NOC)cc2)sc(N(Cc2c(F)cccc2F)C(=O)OCC)c1C(=O)OCC. The van der Waals surface area contributed by atoms with Crippen LogP contribution in [0.1, 0.15) is 48.7 Å². The van der Waals surface area contributed by atoms with Gasteiger partial charge in [-0.05, 0) is 55.7 Å². The van der Waals surface area contributed by atoms with Gasteiger partial charge in [-0.2, -0.15) is 0 Å². The molecular formula is C28H31F2N3O6S. The number of benzene rings is 2. The molecule has 0 unspecified atom stereocenters. The highest BCUT2D eigenvalue weighted by molar-refractivity contribution is 7.20. The van der Waals surface area contributed by atoms with Gasteiger partial charge in [0.25, 0.3) is 0 Å². The molecule has 0 saturated heterocycles. The van der Waals surface area contributed by atoms with E-state index < -0.39 is 36.3 Å². The molecule has 1 aromatic heterocycles. The van der Waals surface area contributed by atoms with Crippen LogP contribution in [0.4, 0.5) is 29.1 Å². The van der Waals surface area contributed by atoms with E-state index in [1.54, 1.807) is 38.1 Å². The Balaban J connectivity index is 2.19. The summed E-state index contributed by atoms with van der Waals surface area (Å²) >= 11 is 1.11. The van der Waals surface area contributed by atoms with Crippen molar-refractivity contribution in [2.24, 2.45) is 0 Å². The zero-order valence-corrected chi connectivity index (χ0v) is 23.5. The Bertz CT molecular complexity index is 1330. The molecule has 3 amide bonds. The second kappa shape index (κ2) is 14.4. The number of thiophene rings is 1. The van der Waals surface area contributed by atoms with Gasteiger partial charge in [0.05, 0.1) is 32.4 Å². The number of hydrogen-bond donors (Lipinski definition) is 2. The van der Waals surface area contributed by atoms with Crippen LogP contribution in [-0.4, -0.2) is 38.4 Å². The van der Waals surface area contributed by atoms with Gasteiger partial charge in [0, 0.05) is 16.1 Å². The number of halogens is 2. The number of esters is 1. The third-order valence-electron chi connectivity index (χ3n) is 5.68. The van der Waals surface area contributed by atoms with Crippen molar-refractivity contribution in [2.45, 2.75) is 40.2 Å². The number of rotatable bonds is 11. The molecule has 2 N–H and O–H groups in total. The summed E-state index contributed by atoms with van der Waals surface area (Å²) in [5.41, 5.74) is 3.76. The van der Waals surface area contributed by atoms with Gasteiger partial charge in [0.2, 0.25) is 0 Å². The zero-order valence-electron chi connectivity index (χ0n) is 22.6. The molecular weight excluding hydrogens is 544 g/mol. The molecule has 12 heteroatoms. The van der Waals surface area contributed by atoms with Gasteiger partial charge >= 0.3 is 18.1 Å². The number of amides is 3. The number of hydroxylamine groups is 1. The number of nitrogens with zero attached hydrogens (tertiary/aromatic N) is 1. The monoisotopic (exact) mass is 575 g/mol. The third kappa shape index (κ3) is 7.13. The fraction of sp³-hybridized carbons (Fsp3) is 0.321. The molecule has 9 nitrogen and oxygen atoms in total. The van der Waals surface area contributed by atoms with E-state index in [1.807, 2.05) is 6.92 Å². The lowest BCUT2D eigenvalue weighted by Gasteiger charge is -2.22. The van der Waals surface area contributed by atoms with Gasteiger partial charge in [0.1, 0.15) is 16.6 Å². The van der Waals surface area contributed by atoms with E-state index in [0.29, 0.717) is 34.5 Å². The minimum absolute atomic E-state index is 0.00892. The quantitative estimate of drug-likeness (QED) is 0.195. The van der Waals surface area contributed by atoms with E-state index in [-0.39, 0.29) is 29.3 Å². The number of nitrogens with one attached hydrogen (secondary N) is 2. The fourth-order valence-electron chi connectivity index (χ4n) is 3.99. The first-order valence-corrected chi connectivity index (χ1v) is 13.5. The van der Waals surface area contributed by atoms with Crippen molar-refractivity contribution in [1.82, 2.24) is 5.48 Å². The highest BCUT2D eigenvalue weighted by atomic mass is 32.1. The van der Waals surface area contributed by atoms with Crippen molar-refractivity contribution >= 4 is 40.1 Å². The first-order valence-electron chi connectivity index (χ1n) is 12.7. The van der Waals surface area contributed by atoms with Crippen molar-refractivity contribution in [3.63, 3.8) is 0 Å². The van der Waals surface area contributed by atoms with E-state index in [4.69, 9.17) is 9.47 Å². The van der Waals surface area contributed by atoms with Crippen molar-refractivity contribution < 1.29 is 37.5 Å². The maximum absolute atomic E-state index is 14.7. The van der Waals surface area contributed by atoms with Gasteiger partial charge in [-0.25, -0.2) is 28.6 Å². The van der Waals surface area contributed by atoms with E-state index in [0.717, 1.165) is 28.4 Å². The summed E-state index contributed by atoms with van der Waals surface area (Å²) in [6.45, 7) is 4.79. The lowest BCUT2D eigenvalue weighted by atomic mass is 10.0. The van der Waals surface area contributed by atoms with Gasteiger partial charge in [-0.3, -0.25) is 9.74 Å². The van der Waals surface area contributed by atoms with E-state index in [9.17, 15) is 23.2 Å². The maximum atomic E-state index is 14.7. The predicted octanol–water partition coefficient (Wildman–Crippen LogP) is 6.67. The van der Waals surface area contributed by atoms with Crippen LogP contribution < -0.4 is 15.7 Å². The first-order chi connectivity index (χ1) is 19.2. The number of urea groups is 1. The lowest BCUT2D eigenvalue weighted by molar-refractivity contribution is 0.0526. The second-order valence-corrected chi connectivity index (χ2v) is 9.38. The van der Waals surface area contributed by atoms with E-state index in [2.05, 4.69) is 15.6 Å². The topological polar surface area (TPSA) is 106 Å². The molecule has 0 radical (unpaired) electrons. The molecule has 1 heterocycles. The second-order valence-electron chi connectivity index (χ2n) is 8.38. The van der Waals surface area contributed by atoms with Crippen molar-refractivity contribution in [3.05, 3.63) is 70.8 Å². The van der Waals surface area contributed by atoms with E-state index >= 15 is 0 Å². The van der Waals surface area contributed by atoms with Gasteiger partial charge in [0.15, 0.2) is 0 Å². The summed E-state index contributed by atoms with van der Waals surface area (Å²) in [6, 6.07) is 9.69. The van der Waals surface area contributed by atoms with Gasteiger partial charge in [-0.1, -0.05) is 31.5 Å². The van der Waals surface area contributed by atoms with Gasteiger partial charge < -0.3 is 14.8 Å². The molecule has 3 aromatic rings. The number of hydrogen-bond acceptors (Lipinski definition) is 7. The number of ether oxygens (including phenoxy) is 2. The van der Waals surface area contributed by atoms with Crippen LogP contribution >= 0.6 is 11.3 Å². The Morgan fingerprint density at radius 1 is 0.925 bits per heavy atom. The maximum Gasteiger partial charge on any atom is 0.415 e. The van der Waals surface area contributed by atoms with Crippen LogP contribution in [0, 0.1) is 11.6 Å². The Morgan fingerprint density at radius 2 is 1.57 bits per heavy atom. The molecule has 0 spiro atoms. The van der Waals surface area contributed by atoms with Crippen LogP contribution in [0.25, 0.3) is 10.4 Å². The Kier molecular flexibility index (Phi) is 11.0. The Morgan fingerprint density at radius 3 is 2.15 bits per heavy atom. The molecule has 0 saturated carbocycles. The molecule has 2 aromatic carbocycles. The molecule has 0 atom stereocenters. The molecule has 0 aliphatic carbocycles. The zero-order chi connectivity index (χ0) is 29.2. The summed E-state index contributed by atoms with van der Waals surface area (Å²) in [5, 5.41) is 2.76. The standard InChI is InChI=1S/C28H31F2N3O6S/c1-5-9-19-23(26(34)38-6-2)25(33(28(36)39-7-3)16-20-21(29)10-8-11-22(20)30)40-24(19)17-12-14-18(15-13-17)31-27(35)32-37-4/h8,10-15H,5-7,9,16H2,1-4H3,(H2,31,32,35). The number of carbonyl (C=O) groups excluding carboxylic acids is 3. The molecule has 214 valence electrons. The Hall–Kier alpha value is -4.03. The predicted molar refractivity (Wildman–Crippen MR) is 148 cm³/mol.